The molecule has 1 fully saturated rings. The molecule has 1 saturated heterocycles. The van der Waals surface area contributed by atoms with Crippen molar-refractivity contribution in [3.05, 3.63) is 65.4 Å². The van der Waals surface area contributed by atoms with Crippen LogP contribution in [0, 0.1) is 5.92 Å². The number of rotatable bonds is 8. The monoisotopic (exact) mass is 500 g/mol. The van der Waals surface area contributed by atoms with Crippen LogP contribution in [0.25, 0.3) is 16.5 Å². The molecule has 1 aromatic heterocycles. The molecule has 1 aliphatic heterocycles. The van der Waals surface area contributed by atoms with Gasteiger partial charge in [-0.15, -0.1) is 0 Å². The third-order valence-electron chi connectivity index (χ3n) is 7.47. The lowest BCUT2D eigenvalue weighted by Gasteiger charge is -2.32. The Morgan fingerprint density at radius 1 is 1.22 bits per heavy atom. The number of carbonyl (C=O) groups is 1. The summed E-state index contributed by atoms with van der Waals surface area (Å²) in [7, 11) is 0. The van der Waals surface area contributed by atoms with Crippen molar-refractivity contribution >= 4 is 22.4 Å². The maximum absolute atomic E-state index is 12.6. The minimum absolute atomic E-state index is 0.221. The summed E-state index contributed by atoms with van der Waals surface area (Å²) in [5.41, 5.74) is 7.05. The van der Waals surface area contributed by atoms with Crippen molar-refractivity contribution in [1.29, 1.82) is 0 Å². The van der Waals surface area contributed by atoms with Gasteiger partial charge in [-0.1, -0.05) is 64.1 Å². The van der Waals surface area contributed by atoms with Crippen LogP contribution in [0.15, 0.2) is 48.6 Å². The number of likely N-dealkylation sites (tertiary alicyclic amines) is 1. The summed E-state index contributed by atoms with van der Waals surface area (Å²) < 4.78 is 37.9. The Morgan fingerprint density at radius 3 is 2.44 bits per heavy atom. The summed E-state index contributed by atoms with van der Waals surface area (Å²) in [6.07, 6.45) is 2.71. The van der Waals surface area contributed by atoms with Gasteiger partial charge in [0.05, 0.1) is 0 Å². The second-order valence-corrected chi connectivity index (χ2v) is 10.4. The molecule has 0 bridgehead atoms. The number of amides is 1. The van der Waals surface area contributed by atoms with Crippen LogP contribution in [-0.4, -0.2) is 35.1 Å². The predicted molar refractivity (Wildman–Crippen MR) is 143 cm³/mol. The molecule has 1 aliphatic rings. The zero-order valence-corrected chi connectivity index (χ0v) is 22.1. The van der Waals surface area contributed by atoms with E-state index in [4.69, 9.17) is 0 Å². The van der Waals surface area contributed by atoms with E-state index < -0.39 is 18.5 Å². The van der Waals surface area contributed by atoms with Crippen molar-refractivity contribution in [2.75, 3.05) is 13.1 Å². The number of aromatic amines is 1. The fourth-order valence-corrected chi connectivity index (χ4v) is 5.10. The first kappa shape index (κ1) is 27.8. The van der Waals surface area contributed by atoms with Crippen LogP contribution in [0.5, 0.6) is 0 Å². The topological polar surface area (TPSA) is 36.1 Å². The molecular formula is C30H39F3N2O. The Kier molecular flexibility index (Phi) is 8.91. The van der Waals surface area contributed by atoms with E-state index in [1.54, 1.807) is 0 Å². The highest BCUT2D eigenvalue weighted by Gasteiger charge is 2.35. The lowest BCUT2D eigenvalue weighted by atomic mass is 9.87. The molecule has 196 valence electrons. The highest BCUT2D eigenvalue weighted by molar-refractivity contribution is 5.92. The molecule has 0 saturated carbocycles. The van der Waals surface area contributed by atoms with Crippen molar-refractivity contribution in [2.45, 2.75) is 78.3 Å². The Morgan fingerprint density at radius 2 is 1.89 bits per heavy atom. The van der Waals surface area contributed by atoms with Gasteiger partial charge in [0.2, 0.25) is 5.91 Å². The SMILES string of the molecule is C=C/C=C(\C=C(\C)C(C)CC)c1[nH]c2ccc(C3CCN(C(=O)CC(F)(F)F)CC3)cc2c1C(C)C. The highest BCUT2D eigenvalue weighted by Crippen LogP contribution is 2.38. The number of hydrogen-bond donors (Lipinski definition) is 1. The van der Waals surface area contributed by atoms with Crippen LogP contribution < -0.4 is 0 Å². The summed E-state index contributed by atoms with van der Waals surface area (Å²) in [4.78, 5) is 17.0. The number of piperidine rings is 1. The fraction of sp³-hybridized carbons (Fsp3) is 0.500. The van der Waals surface area contributed by atoms with Gasteiger partial charge in [-0.25, -0.2) is 0 Å². The summed E-state index contributed by atoms with van der Waals surface area (Å²) in [6, 6.07) is 6.46. The van der Waals surface area contributed by atoms with Crippen molar-refractivity contribution in [3.8, 4) is 0 Å². The molecule has 2 aromatic rings. The predicted octanol–water partition coefficient (Wildman–Crippen LogP) is 8.51. The molecule has 36 heavy (non-hydrogen) atoms. The van der Waals surface area contributed by atoms with Crippen LogP contribution >= 0.6 is 0 Å². The van der Waals surface area contributed by atoms with Gasteiger partial charge < -0.3 is 9.88 Å². The van der Waals surface area contributed by atoms with Crippen molar-refractivity contribution < 1.29 is 18.0 Å². The average molecular weight is 501 g/mol. The van der Waals surface area contributed by atoms with E-state index in [1.807, 2.05) is 6.08 Å². The molecule has 0 aliphatic carbocycles. The van der Waals surface area contributed by atoms with Gasteiger partial charge in [-0.05, 0) is 72.8 Å². The van der Waals surface area contributed by atoms with E-state index in [1.165, 1.54) is 27.0 Å². The van der Waals surface area contributed by atoms with E-state index >= 15 is 0 Å². The number of H-pyrrole nitrogens is 1. The Balaban J connectivity index is 1.92. The lowest BCUT2D eigenvalue weighted by Crippen LogP contribution is -2.39. The van der Waals surface area contributed by atoms with E-state index in [-0.39, 0.29) is 11.8 Å². The Labute approximate surface area is 213 Å². The van der Waals surface area contributed by atoms with E-state index in [0.717, 1.165) is 23.2 Å². The third kappa shape index (κ3) is 6.51. The number of aromatic nitrogens is 1. The largest absolute Gasteiger partial charge is 0.397 e. The van der Waals surface area contributed by atoms with Gasteiger partial charge in [0, 0.05) is 29.7 Å². The molecule has 1 amide bonds. The summed E-state index contributed by atoms with van der Waals surface area (Å²) in [6.45, 7) is 15.6. The van der Waals surface area contributed by atoms with Crippen LogP contribution in [-0.2, 0) is 4.79 Å². The van der Waals surface area contributed by atoms with Crippen molar-refractivity contribution in [1.82, 2.24) is 9.88 Å². The number of halogens is 3. The second kappa shape index (κ2) is 11.5. The van der Waals surface area contributed by atoms with Crippen molar-refractivity contribution in [3.63, 3.8) is 0 Å². The summed E-state index contributed by atoms with van der Waals surface area (Å²) >= 11 is 0. The maximum Gasteiger partial charge on any atom is 0.397 e. The number of carbonyl (C=O) groups excluding carboxylic acids is 1. The van der Waals surface area contributed by atoms with Gasteiger partial charge in [0.25, 0.3) is 0 Å². The number of benzene rings is 1. The van der Waals surface area contributed by atoms with E-state index in [0.29, 0.717) is 31.8 Å². The first-order valence-electron chi connectivity index (χ1n) is 13.0. The highest BCUT2D eigenvalue weighted by atomic mass is 19.4. The van der Waals surface area contributed by atoms with Gasteiger partial charge in [-0.3, -0.25) is 4.79 Å². The molecule has 1 unspecified atom stereocenters. The van der Waals surface area contributed by atoms with Crippen LogP contribution in [0.1, 0.15) is 89.0 Å². The van der Waals surface area contributed by atoms with Crippen LogP contribution in [0.2, 0.25) is 0 Å². The Bertz CT molecular complexity index is 1140. The number of hydrogen-bond acceptors (Lipinski definition) is 1. The number of fused-ring (bicyclic) bond motifs is 1. The molecule has 1 N–H and O–H groups in total. The average Bonchev–Trinajstić information content (AvgIpc) is 3.21. The minimum atomic E-state index is -4.46. The standard InChI is InChI=1S/C30H39F3N2O/c1-7-9-24(16-21(6)20(5)8-2)29-28(19(3)4)25-17-23(10-11-26(25)34-29)22-12-14-35(15-13-22)27(36)18-30(31,32)33/h7,9-11,16-17,19-20,22,34H,1,8,12-15,18H2,2-6H3/b21-16-,24-9+. The van der Waals surface area contributed by atoms with Gasteiger partial charge in [-0.2, -0.15) is 13.2 Å². The fourth-order valence-electron chi connectivity index (χ4n) is 5.10. The van der Waals surface area contributed by atoms with Crippen LogP contribution in [0.4, 0.5) is 13.2 Å². The molecular weight excluding hydrogens is 461 g/mol. The quantitative estimate of drug-likeness (QED) is 0.362. The first-order chi connectivity index (χ1) is 16.9. The van der Waals surface area contributed by atoms with Gasteiger partial charge in [0.1, 0.15) is 6.42 Å². The molecule has 2 heterocycles. The summed E-state index contributed by atoms with van der Waals surface area (Å²) in [5.74, 6) is 0.177. The molecule has 1 aromatic carbocycles. The maximum atomic E-state index is 12.6. The molecule has 3 rings (SSSR count). The second-order valence-electron chi connectivity index (χ2n) is 10.4. The molecule has 0 radical (unpaired) electrons. The first-order valence-corrected chi connectivity index (χ1v) is 13.0. The summed E-state index contributed by atoms with van der Waals surface area (Å²) in [5, 5.41) is 1.18. The smallest absolute Gasteiger partial charge is 0.354 e. The zero-order chi connectivity index (χ0) is 26.6. The molecule has 1 atom stereocenters. The van der Waals surface area contributed by atoms with E-state index in [9.17, 15) is 18.0 Å². The van der Waals surface area contributed by atoms with Crippen molar-refractivity contribution in [2.24, 2.45) is 5.92 Å². The molecule has 6 heteroatoms. The normalized spacial score (nSPS) is 17.2. The number of alkyl halides is 3. The number of nitrogens with zero attached hydrogens (tertiary/aromatic N) is 1. The minimum Gasteiger partial charge on any atom is -0.354 e. The molecule has 0 spiro atoms. The van der Waals surface area contributed by atoms with Gasteiger partial charge >= 0.3 is 6.18 Å². The van der Waals surface area contributed by atoms with Crippen LogP contribution in [0.3, 0.4) is 0 Å². The van der Waals surface area contributed by atoms with E-state index in [2.05, 4.69) is 76.5 Å². The zero-order valence-electron chi connectivity index (χ0n) is 22.1. The molecule has 3 nitrogen and oxygen atoms in total. The third-order valence-corrected chi connectivity index (χ3v) is 7.47. The number of nitrogens with one attached hydrogen (secondary N) is 1. The van der Waals surface area contributed by atoms with Gasteiger partial charge in [0.15, 0.2) is 0 Å². The lowest BCUT2D eigenvalue weighted by molar-refractivity contribution is -0.162. The Hall–Kier alpha value is -2.76. The number of allylic oxidation sites excluding steroid dienone is 5.